The number of esters is 1. The maximum atomic E-state index is 12.1. The third-order valence-corrected chi connectivity index (χ3v) is 3.73. The minimum atomic E-state index is -0.821. The lowest BCUT2D eigenvalue weighted by Gasteiger charge is -2.04. The van der Waals surface area contributed by atoms with Crippen LogP contribution in [0.5, 0.6) is 0 Å². The normalized spacial score (nSPS) is 10.8. The molecule has 122 valence electrons. The Morgan fingerprint density at radius 2 is 2.04 bits per heavy atom. The van der Waals surface area contributed by atoms with E-state index >= 15 is 0 Å². The summed E-state index contributed by atoms with van der Waals surface area (Å²) in [4.78, 5) is 32.0. The molecule has 3 rings (SSSR count). The van der Waals surface area contributed by atoms with E-state index in [-0.39, 0.29) is 22.2 Å². The minimum absolute atomic E-state index is 0.174. The van der Waals surface area contributed by atoms with E-state index in [1.54, 1.807) is 19.2 Å². The molecule has 0 aliphatic heterocycles. The SMILES string of the molecule is Cc1ccnc2nc(C(=O)OCC(=O)c3ccc(Cl)cc3Cl)nn12. The van der Waals surface area contributed by atoms with Crippen molar-refractivity contribution in [3.05, 3.63) is 57.6 Å². The second-order valence-electron chi connectivity index (χ2n) is 4.86. The molecule has 1 aromatic carbocycles. The van der Waals surface area contributed by atoms with Crippen molar-refractivity contribution in [1.29, 1.82) is 0 Å². The van der Waals surface area contributed by atoms with Gasteiger partial charge in [0.25, 0.3) is 11.6 Å². The monoisotopic (exact) mass is 364 g/mol. The standard InChI is InChI=1S/C15H10Cl2N4O3/c1-8-4-5-18-15-19-13(20-21(8)15)14(23)24-7-12(22)10-3-2-9(16)6-11(10)17/h2-6H,7H2,1H3. The highest BCUT2D eigenvalue weighted by Crippen LogP contribution is 2.21. The van der Waals surface area contributed by atoms with E-state index in [1.165, 1.54) is 22.7 Å². The molecule has 24 heavy (non-hydrogen) atoms. The first-order valence-electron chi connectivity index (χ1n) is 6.79. The maximum Gasteiger partial charge on any atom is 0.378 e. The fourth-order valence-electron chi connectivity index (χ4n) is 1.98. The van der Waals surface area contributed by atoms with Gasteiger partial charge in [-0.15, -0.1) is 5.10 Å². The van der Waals surface area contributed by atoms with Gasteiger partial charge in [-0.25, -0.2) is 14.3 Å². The van der Waals surface area contributed by atoms with Gasteiger partial charge in [0, 0.05) is 22.5 Å². The van der Waals surface area contributed by atoms with Crippen LogP contribution in [0, 0.1) is 6.92 Å². The number of ether oxygens (including phenoxy) is 1. The van der Waals surface area contributed by atoms with Crippen molar-refractivity contribution in [3.8, 4) is 0 Å². The summed E-state index contributed by atoms with van der Waals surface area (Å²) in [6.07, 6.45) is 1.56. The molecule has 0 N–H and O–H groups in total. The van der Waals surface area contributed by atoms with E-state index < -0.39 is 18.4 Å². The van der Waals surface area contributed by atoms with Crippen LogP contribution in [0.25, 0.3) is 5.78 Å². The summed E-state index contributed by atoms with van der Waals surface area (Å²) >= 11 is 11.7. The van der Waals surface area contributed by atoms with Crippen LogP contribution >= 0.6 is 23.2 Å². The summed E-state index contributed by atoms with van der Waals surface area (Å²) < 4.78 is 6.36. The predicted molar refractivity (Wildman–Crippen MR) is 86.6 cm³/mol. The topological polar surface area (TPSA) is 86.5 Å². The van der Waals surface area contributed by atoms with Crippen LogP contribution < -0.4 is 0 Å². The van der Waals surface area contributed by atoms with E-state index in [9.17, 15) is 9.59 Å². The van der Waals surface area contributed by atoms with Gasteiger partial charge in [0.15, 0.2) is 6.61 Å². The van der Waals surface area contributed by atoms with Gasteiger partial charge in [-0.1, -0.05) is 23.2 Å². The Bertz CT molecular complexity index is 955. The lowest BCUT2D eigenvalue weighted by molar-refractivity contribution is 0.0463. The van der Waals surface area contributed by atoms with E-state index in [1.807, 2.05) is 0 Å². The summed E-state index contributed by atoms with van der Waals surface area (Å²) in [5.41, 5.74) is 0.977. The Morgan fingerprint density at radius 1 is 1.25 bits per heavy atom. The fourth-order valence-corrected chi connectivity index (χ4v) is 2.50. The van der Waals surface area contributed by atoms with Gasteiger partial charge < -0.3 is 4.74 Å². The Balaban J connectivity index is 1.72. The largest absolute Gasteiger partial charge is 0.451 e. The molecular formula is C15H10Cl2N4O3. The molecule has 7 nitrogen and oxygen atoms in total. The van der Waals surface area contributed by atoms with Crippen molar-refractivity contribution in [2.45, 2.75) is 6.92 Å². The van der Waals surface area contributed by atoms with Gasteiger partial charge in [0.05, 0.1) is 5.02 Å². The number of halogens is 2. The van der Waals surface area contributed by atoms with Crippen LogP contribution in [0.4, 0.5) is 0 Å². The number of carbonyl (C=O) groups is 2. The van der Waals surface area contributed by atoms with E-state index in [2.05, 4.69) is 15.1 Å². The molecule has 0 atom stereocenters. The van der Waals surface area contributed by atoms with Crippen molar-refractivity contribution in [2.24, 2.45) is 0 Å². The molecule has 0 bridgehead atoms. The molecule has 0 aliphatic rings. The summed E-state index contributed by atoms with van der Waals surface area (Å²) in [5.74, 6) is -1.18. The summed E-state index contributed by atoms with van der Waals surface area (Å²) in [6.45, 7) is 1.31. The van der Waals surface area contributed by atoms with Crippen LogP contribution in [0.15, 0.2) is 30.5 Å². The first kappa shape index (κ1) is 16.4. The average molecular weight is 365 g/mol. The van der Waals surface area contributed by atoms with Crippen molar-refractivity contribution < 1.29 is 14.3 Å². The fraction of sp³-hybridized carbons (Fsp3) is 0.133. The molecule has 2 heterocycles. The quantitative estimate of drug-likeness (QED) is 0.522. The number of rotatable bonds is 4. The van der Waals surface area contributed by atoms with Gasteiger partial charge in [-0.05, 0) is 31.2 Å². The molecule has 9 heteroatoms. The Kier molecular flexibility index (Phi) is 4.46. The third kappa shape index (κ3) is 3.22. The number of aryl methyl sites for hydroxylation is 1. The Hall–Kier alpha value is -2.51. The summed E-state index contributed by atoms with van der Waals surface area (Å²) in [7, 11) is 0. The van der Waals surface area contributed by atoms with Crippen LogP contribution in [-0.2, 0) is 4.74 Å². The molecule has 2 aromatic heterocycles. The molecule has 0 fully saturated rings. The number of nitrogens with zero attached hydrogens (tertiary/aromatic N) is 4. The van der Waals surface area contributed by atoms with Crippen LogP contribution in [0.3, 0.4) is 0 Å². The number of fused-ring (bicyclic) bond motifs is 1. The van der Waals surface area contributed by atoms with Crippen LogP contribution in [0.1, 0.15) is 26.7 Å². The minimum Gasteiger partial charge on any atom is -0.451 e. The van der Waals surface area contributed by atoms with E-state index in [0.29, 0.717) is 5.02 Å². The Morgan fingerprint density at radius 3 is 2.75 bits per heavy atom. The van der Waals surface area contributed by atoms with Crippen LogP contribution in [-0.4, -0.2) is 37.9 Å². The molecule has 0 unspecified atom stereocenters. The van der Waals surface area contributed by atoms with Crippen molar-refractivity contribution in [1.82, 2.24) is 19.6 Å². The highest BCUT2D eigenvalue weighted by atomic mass is 35.5. The lowest BCUT2D eigenvalue weighted by Crippen LogP contribution is -2.15. The maximum absolute atomic E-state index is 12.1. The third-order valence-electron chi connectivity index (χ3n) is 3.18. The van der Waals surface area contributed by atoms with Gasteiger partial charge in [0.2, 0.25) is 5.78 Å². The summed E-state index contributed by atoms with van der Waals surface area (Å²) in [6, 6.07) is 6.16. The molecule has 0 aliphatic carbocycles. The first-order valence-corrected chi connectivity index (χ1v) is 7.55. The second kappa shape index (κ2) is 6.54. The Labute approximate surface area is 146 Å². The van der Waals surface area contributed by atoms with Crippen molar-refractivity contribution in [2.75, 3.05) is 6.61 Å². The zero-order chi connectivity index (χ0) is 17.3. The average Bonchev–Trinajstić information content (AvgIpc) is 2.98. The van der Waals surface area contributed by atoms with E-state index in [4.69, 9.17) is 27.9 Å². The molecule has 0 amide bonds. The zero-order valence-corrected chi connectivity index (χ0v) is 13.9. The molecule has 0 saturated carbocycles. The smallest absolute Gasteiger partial charge is 0.378 e. The van der Waals surface area contributed by atoms with Gasteiger partial charge >= 0.3 is 5.97 Å². The summed E-state index contributed by atoms with van der Waals surface area (Å²) in [5, 5.41) is 4.60. The predicted octanol–water partition coefficient (Wildman–Crippen LogP) is 2.78. The number of benzene rings is 1. The van der Waals surface area contributed by atoms with E-state index in [0.717, 1.165) is 5.69 Å². The van der Waals surface area contributed by atoms with Gasteiger partial charge in [0.1, 0.15) is 0 Å². The molecule has 0 saturated heterocycles. The number of carbonyl (C=O) groups excluding carboxylic acids is 2. The zero-order valence-electron chi connectivity index (χ0n) is 12.4. The number of Topliss-reactive ketones (excluding diaryl/α,β-unsaturated/α-hetero) is 1. The number of hydrogen-bond donors (Lipinski definition) is 0. The molecule has 0 spiro atoms. The highest BCUT2D eigenvalue weighted by molar-refractivity contribution is 6.36. The number of ketones is 1. The van der Waals surface area contributed by atoms with Crippen LogP contribution in [0.2, 0.25) is 10.0 Å². The molecule has 0 radical (unpaired) electrons. The first-order chi connectivity index (χ1) is 11.5. The van der Waals surface area contributed by atoms with Crippen molar-refractivity contribution in [3.63, 3.8) is 0 Å². The molecule has 3 aromatic rings. The van der Waals surface area contributed by atoms with Crippen molar-refractivity contribution >= 4 is 40.7 Å². The number of hydrogen-bond acceptors (Lipinski definition) is 6. The second-order valence-corrected chi connectivity index (χ2v) is 5.70. The number of aromatic nitrogens is 4. The lowest BCUT2D eigenvalue weighted by atomic mass is 10.1. The van der Waals surface area contributed by atoms with Gasteiger partial charge in [-0.2, -0.15) is 4.98 Å². The molecular weight excluding hydrogens is 355 g/mol. The highest BCUT2D eigenvalue weighted by Gasteiger charge is 2.19. The van der Waals surface area contributed by atoms with Gasteiger partial charge in [-0.3, -0.25) is 4.79 Å².